The van der Waals surface area contributed by atoms with Crippen LogP contribution >= 0.6 is 11.3 Å². The van der Waals surface area contributed by atoms with E-state index in [2.05, 4.69) is 4.57 Å². The summed E-state index contributed by atoms with van der Waals surface area (Å²) in [6.07, 6.45) is 3.77. The Bertz CT molecular complexity index is 2090. The van der Waals surface area contributed by atoms with Crippen molar-refractivity contribution in [2.24, 2.45) is 4.99 Å². The predicted molar refractivity (Wildman–Crippen MR) is 170 cm³/mol. The number of rotatable bonds is 8. The topological polar surface area (TPSA) is 74.8 Å². The van der Waals surface area contributed by atoms with Gasteiger partial charge in [0, 0.05) is 34.8 Å². The number of hydrogen-bond donors (Lipinski definition) is 0. The second-order valence-corrected chi connectivity index (χ2v) is 11.9. The lowest BCUT2D eigenvalue weighted by Gasteiger charge is -2.26. The summed E-state index contributed by atoms with van der Waals surface area (Å²) in [5.74, 6) is -0.209. The molecule has 0 bridgehead atoms. The van der Waals surface area contributed by atoms with Gasteiger partial charge in [-0.2, -0.15) is 0 Å². The third-order valence-electron chi connectivity index (χ3n) is 7.47. The Morgan fingerprint density at radius 1 is 1.07 bits per heavy atom. The molecule has 0 aliphatic carbocycles. The first kappa shape index (κ1) is 29.3. The van der Waals surface area contributed by atoms with Gasteiger partial charge in [0.1, 0.15) is 17.6 Å². The second-order valence-electron chi connectivity index (χ2n) is 10.9. The van der Waals surface area contributed by atoms with Crippen molar-refractivity contribution in [2.45, 2.75) is 46.4 Å². The third kappa shape index (κ3) is 5.51. The highest BCUT2D eigenvalue weighted by Gasteiger charge is 2.35. The fourth-order valence-electron chi connectivity index (χ4n) is 5.60. The molecule has 3 aromatic carbocycles. The maximum atomic E-state index is 14.3. The Labute approximate surface area is 257 Å². The molecule has 2 aromatic heterocycles. The Kier molecular flexibility index (Phi) is 8.05. The molecule has 0 radical (unpaired) electrons. The number of allylic oxidation sites excluding steroid dienone is 1. The molecule has 5 aromatic rings. The Hall–Kier alpha value is -4.76. The molecule has 0 saturated carbocycles. The summed E-state index contributed by atoms with van der Waals surface area (Å²) in [5.41, 5.74) is 4.05. The van der Waals surface area contributed by atoms with Crippen LogP contribution in [-0.4, -0.2) is 27.8 Å². The third-order valence-corrected chi connectivity index (χ3v) is 8.45. The number of hydrogen-bond acceptors (Lipinski definition) is 6. The van der Waals surface area contributed by atoms with E-state index in [4.69, 9.17) is 14.5 Å². The largest absolute Gasteiger partial charge is 0.491 e. The first-order chi connectivity index (χ1) is 21.2. The zero-order chi connectivity index (χ0) is 31.0. The van der Waals surface area contributed by atoms with Crippen LogP contribution in [-0.2, 0) is 16.1 Å². The maximum Gasteiger partial charge on any atom is 0.338 e. The molecular formula is C35H32FN3O4S. The van der Waals surface area contributed by atoms with Crippen molar-refractivity contribution in [3.05, 3.63) is 132 Å². The summed E-state index contributed by atoms with van der Waals surface area (Å²) in [6.45, 7) is 8.12. The molecule has 0 unspecified atom stereocenters. The van der Waals surface area contributed by atoms with E-state index in [0.717, 1.165) is 22.0 Å². The average Bonchev–Trinajstić information content (AvgIpc) is 3.50. The fraction of sp³-hybridized carbons (Fsp3) is 0.229. The Morgan fingerprint density at radius 3 is 2.55 bits per heavy atom. The lowest BCUT2D eigenvalue weighted by molar-refractivity contribution is -0.139. The molecule has 0 fully saturated rings. The molecule has 1 aliphatic heterocycles. The van der Waals surface area contributed by atoms with Gasteiger partial charge in [-0.15, -0.1) is 0 Å². The van der Waals surface area contributed by atoms with Crippen molar-refractivity contribution in [3.8, 4) is 5.75 Å². The summed E-state index contributed by atoms with van der Waals surface area (Å²) < 4.78 is 29.3. The van der Waals surface area contributed by atoms with Crippen LogP contribution in [0, 0.1) is 5.82 Å². The van der Waals surface area contributed by atoms with Crippen LogP contribution in [0.3, 0.4) is 0 Å². The summed E-state index contributed by atoms with van der Waals surface area (Å²) in [5, 5.41) is 0.982. The normalized spacial score (nSPS) is 15.0. The number of ether oxygens (including phenoxy) is 2. The summed E-state index contributed by atoms with van der Waals surface area (Å²) in [4.78, 5) is 32.8. The quantitative estimate of drug-likeness (QED) is 0.211. The number of halogens is 1. The van der Waals surface area contributed by atoms with Gasteiger partial charge in [0.2, 0.25) is 0 Å². The summed E-state index contributed by atoms with van der Waals surface area (Å²) >= 11 is 1.28. The van der Waals surface area contributed by atoms with E-state index >= 15 is 0 Å². The smallest absolute Gasteiger partial charge is 0.338 e. The van der Waals surface area contributed by atoms with Crippen LogP contribution in [0.25, 0.3) is 17.0 Å². The van der Waals surface area contributed by atoms with Crippen LogP contribution in [0.15, 0.2) is 100 Å². The number of carbonyl (C=O) groups excluding carboxylic acids is 1. The first-order valence-electron chi connectivity index (χ1n) is 14.5. The number of thiazole rings is 1. The molecular weight excluding hydrogens is 577 g/mol. The van der Waals surface area contributed by atoms with E-state index in [-0.39, 0.29) is 24.1 Å². The fourth-order valence-corrected chi connectivity index (χ4v) is 6.64. The van der Waals surface area contributed by atoms with E-state index in [1.54, 1.807) is 30.5 Å². The number of fused-ring (bicyclic) bond motifs is 2. The molecule has 0 N–H and O–H groups in total. The van der Waals surface area contributed by atoms with Crippen molar-refractivity contribution in [1.82, 2.24) is 9.13 Å². The van der Waals surface area contributed by atoms with Gasteiger partial charge in [-0.3, -0.25) is 9.36 Å². The predicted octanol–water partition coefficient (Wildman–Crippen LogP) is 5.73. The van der Waals surface area contributed by atoms with Gasteiger partial charge in [0.15, 0.2) is 4.80 Å². The standard InChI is InChI=1S/C35H32FN3O4S/c1-5-42-34(41)31-22(4)37-35-39(32(31)27-11-7-9-13-29(27)43-21(2)3)33(40)30(44-35)18-24-20-38(28-12-8-6-10-26(24)28)19-23-14-16-25(36)17-15-23/h6-18,20-21,32H,5,19H2,1-4H3/b30-18+/t32-/m0/s1. The van der Waals surface area contributed by atoms with Gasteiger partial charge in [-0.25, -0.2) is 14.2 Å². The zero-order valence-corrected chi connectivity index (χ0v) is 25.7. The number of benzene rings is 3. The van der Waals surface area contributed by atoms with Gasteiger partial charge < -0.3 is 14.0 Å². The number of esters is 1. The van der Waals surface area contributed by atoms with Gasteiger partial charge in [0.25, 0.3) is 5.56 Å². The molecule has 44 heavy (non-hydrogen) atoms. The molecule has 1 aliphatic rings. The summed E-state index contributed by atoms with van der Waals surface area (Å²) in [6, 6.07) is 21.1. The minimum absolute atomic E-state index is 0.115. The van der Waals surface area contributed by atoms with Gasteiger partial charge >= 0.3 is 5.97 Å². The van der Waals surface area contributed by atoms with Crippen LogP contribution in [0.5, 0.6) is 5.75 Å². The van der Waals surface area contributed by atoms with Gasteiger partial charge in [-0.1, -0.05) is 59.9 Å². The Morgan fingerprint density at radius 2 is 1.80 bits per heavy atom. The monoisotopic (exact) mass is 609 g/mol. The van der Waals surface area contributed by atoms with Crippen LogP contribution in [0.2, 0.25) is 0 Å². The molecule has 0 amide bonds. The van der Waals surface area contributed by atoms with E-state index in [1.807, 2.05) is 74.7 Å². The molecule has 6 rings (SSSR count). The minimum Gasteiger partial charge on any atom is -0.491 e. The second kappa shape index (κ2) is 12.1. The lowest BCUT2D eigenvalue weighted by atomic mass is 9.95. The highest BCUT2D eigenvalue weighted by molar-refractivity contribution is 7.07. The van der Waals surface area contributed by atoms with E-state index in [0.29, 0.717) is 38.5 Å². The molecule has 9 heteroatoms. The van der Waals surface area contributed by atoms with E-state index < -0.39 is 12.0 Å². The lowest BCUT2D eigenvalue weighted by Crippen LogP contribution is -2.40. The molecule has 1 atom stereocenters. The number of para-hydroxylation sites is 2. The van der Waals surface area contributed by atoms with Crippen LogP contribution in [0.1, 0.15) is 50.4 Å². The highest BCUT2D eigenvalue weighted by Crippen LogP contribution is 2.36. The molecule has 0 saturated heterocycles. The van der Waals surface area contributed by atoms with E-state index in [9.17, 15) is 14.0 Å². The number of carbonyl (C=O) groups is 1. The molecule has 0 spiro atoms. The van der Waals surface area contributed by atoms with Gasteiger partial charge in [-0.05, 0) is 63.6 Å². The Balaban J connectivity index is 1.53. The molecule has 224 valence electrons. The average molecular weight is 610 g/mol. The number of aromatic nitrogens is 2. The van der Waals surface area contributed by atoms with Crippen LogP contribution in [0.4, 0.5) is 4.39 Å². The van der Waals surface area contributed by atoms with Crippen molar-refractivity contribution >= 4 is 34.3 Å². The van der Waals surface area contributed by atoms with E-state index in [1.165, 1.54) is 23.5 Å². The van der Waals surface area contributed by atoms with Gasteiger partial charge in [0.05, 0.1) is 28.5 Å². The molecule has 7 nitrogen and oxygen atoms in total. The van der Waals surface area contributed by atoms with Crippen molar-refractivity contribution in [1.29, 1.82) is 0 Å². The van der Waals surface area contributed by atoms with Crippen LogP contribution < -0.4 is 19.6 Å². The first-order valence-corrected chi connectivity index (χ1v) is 15.3. The number of nitrogens with zero attached hydrogens (tertiary/aromatic N) is 3. The van der Waals surface area contributed by atoms with Crippen molar-refractivity contribution in [3.63, 3.8) is 0 Å². The SMILES string of the molecule is CCOC(=O)C1=C(C)N=c2s/c(=C/c3cn(Cc4ccc(F)cc4)c4ccccc34)c(=O)n2[C@H]1c1ccccc1OC(C)C. The molecule has 3 heterocycles. The maximum absolute atomic E-state index is 14.3. The zero-order valence-electron chi connectivity index (χ0n) is 24.9. The summed E-state index contributed by atoms with van der Waals surface area (Å²) in [7, 11) is 0. The van der Waals surface area contributed by atoms with Crippen molar-refractivity contribution < 1.29 is 18.7 Å². The minimum atomic E-state index is -0.776. The highest BCUT2D eigenvalue weighted by atomic mass is 32.1. The van der Waals surface area contributed by atoms with Crippen molar-refractivity contribution in [2.75, 3.05) is 6.61 Å².